The van der Waals surface area contributed by atoms with Crippen LogP contribution in [0.3, 0.4) is 0 Å². The summed E-state index contributed by atoms with van der Waals surface area (Å²) in [5, 5.41) is 0. The molecular formula is C32H34N4O4. The van der Waals surface area contributed by atoms with E-state index in [0.29, 0.717) is 5.95 Å². The number of anilines is 2. The first-order chi connectivity index (χ1) is 19.0. The van der Waals surface area contributed by atoms with E-state index in [1.807, 2.05) is 42.2 Å². The molecule has 2 aliphatic heterocycles. The van der Waals surface area contributed by atoms with E-state index < -0.39 is 22.9 Å². The van der Waals surface area contributed by atoms with E-state index in [2.05, 4.69) is 29.0 Å². The third-order valence-corrected chi connectivity index (χ3v) is 7.05. The number of hydrogen-bond donors (Lipinski definition) is 0. The van der Waals surface area contributed by atoms with E-state index in [4.69, 9.17) is 14.5 Å². The van der Waals surface area contributed by atoms with Crippen molar-refractivity contribution in [2.75, 3.05) is 11.4 Å². The number of aryl methyl sites for hydroxylation is 2. The summed E-state index contributed by atoms with van der Waals surface area (Å²) >= 11 is 0. The molecule has 8 nitrogen and oxygen atoms in total. The van der Waals surface area contributed by atoms with Gasteiger partial charge < -0.3 is 14.4 Å². The summed E-state index contributed by atoms with van der Waals surface area (Å²) in [7, 11) is 0. The van der Waals surface area contributed by atoms with Crippen LogP contribution >= 0.6 is 0 Å². The Kier molecular flexibility index (Phi) is 7.27. The fourth-order valence-electron chi connectivity index (χ4n) is 4.92. The summed E-state index contributed by atoms with van der Waals surface area (Å²) in [4.78, 5) is 42.7. The lowest BCUT2D eigenvalue weighted by atomic mass is 9.88. The molecule has 0 N–H and O–H groups in total. The summed E-state index contributed by atoms with van der Waals surface area (Å²) < 4.78 is 11.7. The summed E-state index contributed by atoms with van der Waals surface area (Å²) in [5.41, 5.74) is 3.55. The molecule has 1 aromatic heterocycles. The van der Waals surface area contributed by atoms with Crippen LogP contribution in [0.4, 0.5) is 11.6 Å². The monoisotopic (exact) mass is 538 g/mol. The van der Waals surface area contributed by atoms with Gasteiger partial charge in [-0.3, -0.25) is 14.6 Å². The molecular weight excluding hydrogens is 504 g/mol. The van der Waals surface area contributed by atoms with Gasteiger partial charge in [0, 0.05) is 24.6 Å². The number of rotatable bonds is 8. The molecule has 206 valence electrons. The highest BCUT2D eigenvalue weighted by Gasteiger charge is 2.43. The third kappa shape index (κ3) is 5.66. The van der Waals surface area contributed by atoms with Crippen LogP contribution in [0.1, 0.15) is 59.8 Å². The number of esters is 1. The highest BCUT2D eigenvalue weighted by atomic mass is 16.6. The van der Waals surface area contributed by atoms with Crippen LogP contribution in [0.5, 0.6) is 5.88 Å². The van der Waals surface area contributed by atoms with Gasteiger partial charge >= 0.3 is 5.97 Å². The SMILES string of the molecule is Cc1ccc(COc2nc(N3CCc4ccccc43)ncc2C(=O)C2(CC(=O)OC(C)(C)C)C=CC=N2)cc1C. The molecule has 40 heavy (non-hydrogen) atoms. The van der Waals surface area contributed by atoms with Gasteiger partial charge in [0.15, 0.2) is 5.54 Å². The number of carbonyl (C=O) groups excluding carboxylic acids is 2. The predicted molar refractivity (Wildman–Crippen MR) is 155 cm³/mol. The zero-order valence-electron chi connectivity index (χ0n) is 23.6. The second kappa shape index (κ2) is 10.7. The molecule has 2 aromatic carbocycles. The average molecular weight is 539 g/mol. The molecule has 0 aliphatic carbocycles. The first-order valence-corrected chi connectivity index (χ1v) is 13.5. The van der Waals surface area contributed by atoms with E-state index in [9.17, 15) is 9.59 Å². The maximum atomic E-state index is 14.1. The number of aliphatic imine (C=N–C) groups is 1. The Balaban J connectivity index is 1.50. The first-order valence-electron chi connectivity index (χ1n) is 13.5. The van der Waals surface area contributed by atoms with Gasteiger partial charge in [-0.1, -0.05) is 36.4 Å². The van der Waals surface area contributed by atoms with Crippen LogP contribution in [-0.2, 0) is 22.6 Å². The minimum atomic E-state index is -1.45. The van der Waals surface area contributed by atoms with Crippen molar-refractivity contribution >= 4 is 29.6 Å². The molecule has 5 rings (SSSR count). The van der Waals surface area contributed by atoms with Crippen molar-refractivity contribution in [3.8, 4) is 5.88 Å². The third-order valence-electron chi connectivity index (χ3n) is 7.05. The fourth-order valence-corrected chi connectivity index (χ4v) is 4.92. The zero-order chi connectivity index (χ0) is 28.5. The van der Waals surface area contributed by atoms with Gasteiger partial charge in [0.05, 0.1) is 6.42 Å². The van der Waals surface area contributed by atoms with Gasteiger partial charge in [0.2, 0.25) is 17.6 Å². The highest BCUT2D eigenvalue weighted by molar-refractivity contribution is 6.10. The molecule has 0 bridgehead atoms. The number of hydrogen-bond acceptors (Lipinski definition) is 8. The Bertz CT molecular complexity index is 1510. The number of nitrogens with zero attached hydrogens (tertiary/aromatic N) is 4. The topological polar surface area (TPSA) is 94.0 Å². The van der Waals surface area contributed by atoms with Crippen LogP contribution in [0, 0.1) is 13.8 Å². The number of benzene rings is 2. The maximum absolute atomic E-state index is 14.1. The normalized spacial score (nSPS) is 17.7. The maximum Gasteiger partial charge on any atom is 0.309 e. The molecule has 3 heterocycles. The van der Waals surface area contributed by atoms with Gasteiger partial charge in [0.25, 0.3) is 0 Å². The van der Waals surface area contributed by atoms with Crippen LogP contribution in [0.15, 0.2) is 65.8 Å². The van der Waals surface area contributed by atoms with Crippen LogP contribution in [0.2, 0.25) is 0 Å². The molecule has 0 spiro atoms. The summed E-state index contributed by atoms with van der Waals surface area (Å²) in [6, 6.07) is 14.2. The molecule has 1 unspecified atom stereocenters. The Morgan fingerprint density at radius 1 is 1.07 bits per heavy atom. The first kappa shape index (κ1) is 27.2. The number of aromatic nitrogens is 2. The average Bonchev–Trinajstić information content (AvgIpc) is 3.56. The van der Waals surface area contributed by atoms with Crippen LogP contribution < -0.4 is 9.64 Å². The second-order valence-corrected chi connectivity index (χ2v) is 11.3. The van der Waals surface area contributed by atoms with Crippen molar-refractivity contribution in [1.82, 2.24) is 9.97 Å². The van der Waals surface area contributed by atoms with E-state index >= 15 is 0 Å². The van der Waals surface area contributed by atoms with Gasteiger partial charge in [-0.2, -0.15) is 4.98 Å². The molecule has 0 saturated carbocycles. The number of ether oxygens (including phenoxy) is 2. The Hall–Kier alpha value is -4.33. The number of allylic oxidation sites excluding steroid dienone is 1. The standard InChI is InChI=1S/C32H34N4O4/c1-21-11-12-23(17-22(21)2)20-39-29-25(19-33-30(35-29)36-16-13-24-9-6-7-10-26(24)36)28(38)32(14-8-15-34-32)18-27(37)40-31(3,4)5/h6-12,14-15,17,19H,13,16,18,20H2,1-5H3. The Morgan fingerprint density at radius 2 is 1.88 bits per heavy atom. The summed E-state index contributed by atoms with van der Waals surface area (Å²) in [5.74, 6) is -0.347. The number of fused-ring (bicyclic) bond motifs is 1. The minimum absolute atomic E-state index is 0.150. The van der Waals surface area contributed by atoms with Crippen molar-refractivity contribution in [2.24, 2.45) is 4.99 Å². The second-order valence-electron chi connectivity index (χ2n) is 11.3. The van der Waals surface area contributed by atoms with Gasteiger partial charge in [0.1, 0.15) is 17.8 Å². The van der Waals surface area contributed by atoms with Gasteiger partial charge in [-0.25, -0.2) is 4.98 Å². The summed E-state index contributed by atoms with van der Waals surface area (Å²) in [6.07, 6.45) is 6.92. The predicted octanol–water partition coefficient (Wildman–Crippen LogP) is 5.66. The molecule has 2 aliphatic rings. The molecule has 8 heteroatoms. The zero-order valence-corrected chi connectivity index (χ0v) is 23.6. The van der Waals surface area contributed by atoms with Crippen LogP contribution in [0.25, 0.3) is 0 Å². The molecule has 0 amide bonds. The lowest BCUT2D eigenvalue weighted by Gasteiger charge is -2.26. The van der Waals surface area contributed by atoms with E-state index in [1.165, 1.54) is 23.5 Å². The largest absolute Gasteiger partial charge is 0.472 e. The Morgan fingerprint density at radius 3 is 2.60 bits per heavy atom. The lowest BCUT2D eigenvalue weighted by molar-refractivity contribution is -0.155. The fraction of sp³-hybridized carbons (Fsp3) is 0.344. The number of ketones is 1. The number of para-hydroxylation sites is 1. The molecule has 0 fully saturated rings. The van der Waals surface area contributed by atoms with Gasteiger partial charge in [-0.05, 0) is 81.5 Å². The van der Waals surface area contributed by atoms with E-state index in [0.717, 1.165) is 29.8 Å². The van der Waals surface area contributed by atoms with Crippen LogP contribution in [-0.4, -0.2) is 45.6 Å². The quantitative estimate of drug-likeness (QED) is 0.270. The van der Waals surface area contributed by atoms with Gasteiger partial charge in [-0.15, -0.1) is 0 Å². The Labute approximate surface area is 234 Å². The number of Topliss-reactive ketones (excluding diaryl/α,β-unsaturated/α-hetero) is 1. The smallest absolute Gasteiger partial charge is 0.309 e. The van der Waals surface area contributed by atoms with Crippen molar-refractivity contribution < 1.29 is 19.1 Å². The molecule has 0 radical (unpaired) electrons. The number of carbonyl (C=O) groups is 2. The minimum Gasteiger partial charge on any atom is -0.472 e. The van der Waals surface area contributed by atoms with E-state index in [1.54, 1.807) is 32.9 Å². The molecule has 3 aromatic rings. The summed E-state index contributed by atoms with van der Waals surface area (Å²) in [6.45, 7) is 10.4. The molecule has 0 saturated heterocycles. The van der Waals surface area contributed by atoms with Crippen molar-refractivity contribution in [3.63, 3.8) is 0 Å². The van der Waals surface area contributed by atoms with E-state index in [-0.39, 0.29) is 24.5 Å². The highest BCUT2D eigenvalue weighted by Crippen LogP contribution is 2.36. The van der Waals surface area contributed by atoms with Crippen molar-refractivity contribution in [2.45, 2.75) is 65.2 Å². The van der Waals surface area contributed by atoms with Crippen molar-refractivity contribution in [1.29, 1.82) is 0 Å². The molecule has 1 atom stereocenters. The van der Waals surface area contributed by atoms with Crippen molar-refractivity contribution in [3.05, 3.63) is 88.6 Å². The lowest BCUT2D eigenvalue weighted by Crippen LogP contribution is -2.38.